The molecule has 0 heterocycles. The Morgan fingerprint density at radius 2 is 1.75 bits per heavy atom. The van der Waals surface area contributed by atoms with Crippen molar-refractivity contribution in [3.8, 4) is 0 Å². The Morgan fingerprint density at radius 3 is 2.15 bits per heavy atom. The van der Waals surface area contributed by atoms with Crippen molar-refractivity contribution >= 4 is 17.7 Å². The molecule has 0 fully saturated rings. The molecular formula is C15H22N2O3. The fourth-order valence-corrected chi connectivity index (χ4v) is 2.18. The molecule has 0 aliphatic rings. The topological polar surface area (TPSA) is 63.5 Å². The number of anilines is 1. The smallest absolute Gasteiger partial charge is 0.293 e. The number of rotatable bonds is 7. The van der Waals surface area contributed by atoms with Gasteiger partial charge in [-0.2, -0.15) is 0 Å². The summed E-state index contributed by atoms with van der Waals surface area (Å²) in [6.45, 7) is 9.83. The van der Waals surface area contributed by atoms with Crippen LogP contribution in [-0.4, -0.2) is 24.3 Å². The zero-order valence-electron chi connectivity index (χ0n) is 12.5. The maximum Gasteiger partial charge on any atom is 0.293 e. The van der Waals surface area contributed by atoms with Gasteiger partial charge in [-0.15, -0.1) is 0 Å². The zero-order valence-corrected chi connectivity index (χ0v) is 12.5. The van der Waals surface area contributed by atoms with Crippen molar-refractivity contribution in [1.82, 2.24) is 0 Å². The van der Waals surface area contributed by atoms with Crippen molar-refractivity contribution in [1.29, 1.82) is 0 Å². The van der Waals surface area contributed by atoms with Crippen molar-refractivity contribution in [2.45, 2.75) is 27.7 Å². The van der Waals surface area contributed by atoms with Crippen LogP contribution in [0.5, 0.6) is 0 Å². The third-order valence-corrected chi connectivity index (χ3v) is 2.84. The van der Waals surface area contributed by atoms with E-state index in [4.69, 9.17) is 0 Å². The highest BCUT2D eigenvalue weighted by molar-refractivity contribution is 5.79. The average Bonchev–Trinajstić information content (AvgIpc) is 2.36. The molecule has 20 heavy (non-hydrogen) atoms. The van der Waals surface area contributed by atoms with E-state index in [9.17, 15) is 14.9 Å². The molecule has 0 saturated carbocycles. The third-order valence-electron chi connectivity index (χ3n) is 2.84. The molecule has 0 aliphatic heterocycles. The second-order valence-electron chi connectivity index (χ2n) is 5.82. The Morgan fingerprint density at radius 1 is 1.20 bits per heavy atom. The van der Waals surface area contributed by atoms with E-state index < -0.39 is 4.92 Å². The quantitative estimate of drug-likeness (QED) is 0.435. The molecule has 0 bridgehead atoms. The Hall–Kier alpha value is -1.91. The van der Waals surface area contributed by atoms with Crippen molar-refractivity contribution in [2.75, 3.05) is 18.0 Å². The highest BCUT2D eigenvalue weighted by Gasteiger charge is 2.21. The van der Waals surface area contributed by atoms with Crippen LogP contribution in [-0.2, 0) is 0 Å². The molecule has 110 valence electrons. The van der Waals surface area contributed by atoms with E-state index in [0.29, 0.717) is 29.4 Å². The van der Waals surface area contributed by atoms with Crippen LogP contribution in [0.2, 0.25) is 0 Å². The van der Waals surface area contributed by atoms with E-state index in [2.05, 4.69) is 27.7 Å². The number of benzene rings is 1. The van der Waals surface area contributed by atoms with Gasteiger partial charge in [0.15, 0.2) is 0 Å². The molecule has 0 saturated heterocycles. The SMILES string of the molecule is CC(C)CN(CC(C)C)c1ccc(C=O)cc1[N+](=O)[O-]. The first-order chi connectivity index (χ1) is 9.35. The number of carbonyl (C=O) groups is 1. The molecule has 0 spiro atoms. The number of aldehydes is 1. The van der Waals surface area contributed by atoms with Crippen molar-refractivity contribution in [3.63, 3.8) is 0 Å². The molecule has 1 aromatic carbocycles. The third kappa shape index (κ3) is 4.33. The molecule has 5 heteroatoms. The highest BCUT2D eigenvalue weighted by atomic mass is 16.6. The largest absolute Gasteiger partial charge is 0.365 e. The lowest BCUT2D eigenvalue weighted by Crippen LogP contribution is -2.31. The van der Waals surface area contributed by atoms with E-state index in [1.165, 1.54) is 6.07 Å². The van der Waals surface area contributed by atoms with E-state index >= 15 is 0 Å². The number of nitro benzene ring substituents is 1. The fourth-order valence-electron chi connectivity index (χ4n) is 2.18. The van der Waals surface area contributed by atoms with Gasteiger partial charge in [0.2, 0.25) is 0 Å². The van der Waals surface area contributed by atoms with Gasteiger partial charge in [-0.1, -0.05) is 27.7 Å². The van der Waals surface area contributed by atoms with Crippen LogP contribution in [0, 0.1) is 22.0 Å². The van der Waals surface area contributed by atoms with Crippen LogP contribution < -0.4 is 4.90 Å². The van der Waals surface area contributed by atoms with E-state index in [0.717, 1.165) is 13.1 Å². The van der Waals surface area contributed by atoms with Gasteiger partial charge in [-0.3, -0.25) is 14.9 Å². The number of hydrogen-bond donors (Lipinski definition) is 0. The highest BCUT2D eigenvalue weighted by Crippen LogP contribution is 2.30. The maximum atomic E-state index is 11.2. The Kier molecular flexibility index (Phi) is 5.67. The minimum Gasteiger partial charge on any atom is -0.365 e. The Balaban J connectivity index is 3.23. The molecular weight excluding hydrogens is 256 g/mol. The summed E-state index contributed by atoms with van der Waals surface area (Å²) in [5.74, 6) is 0.804. The van der Waals surface area contributed by atoms with E-state index in [1.807, 2.05) is 4.90 Å². The summed E-state index contributed by atoms with van der Waals surface area (Å²) in [4.78, 5) is 23.6. The second kappa shape index (κ2) is 7.03. The average molecular weight is 278 g/mol. The van der Waals surface area contributed by atoms with Gasteiger partial charge in [0.1, 0.15) is 12.0 Å². The van der Waals surface area contributed by atoms with Crippen molar-refractivity contribution in [3.05, 3.63) is 33.9 Å². The van der Waals surface area contributed by atoms with Crippen LogP contribution in [0.15, 0.2) is 18.2 Å². The first-order valence-corrected chi connectivity index (χ1v) is 6.83. The molecule has 0 radical (unpaired) electrons. The first kappa shape index (κ1) is 16.1. The minimum absolute atomic E-state index is 0.00380. The molecule has 0 amide bonds. The first-order valence-electron chi connectivity index (χ1n) is 6.83. The molecule has 5 nitrogen and oxygen atoms in total. The van der Waals surface area contributed by atoms with Crippen LogP contribution in [0.4, 0.5) is 11.4 Å². The predicted octanol–water partition coefficient (Wildman–Crippen LogP) is 3.53. The number of hydrogen-bond acceptors (Lipinski definition) is 4. The summed E-state index contributed by atoms with van der Waals surface area (Å²) in [6, 6.07) is 4.64. The van der Waals surface area contributed by atoms with E-state index in [1.54, 1.807) is 12.1 Å². The molecule has 0 atom stereocenters. The molecule has 1 aromatic rings. The van der Waals surface area contributed by atoms with Crippen LogP contribution in [0.3, 0.4) is 0 Å². The lowest BCUT2D eigenvalue weighted by molar-refractivity contribution is -0.384. The van der Waals surface area contributed by atoms with Gasteiger partial charge < -0.3 is 4.90 Å². The lowest BCUT2D eigenvalue weighted by atomic mass is 10.1. The van der Waals surface area contributed by atoms with E-state index in [-0.39, 0.29) is 5.69 Å². The van der Waals surface area contributed by atoms with Crippen LogP contribution in [0.1, 0.15) is 38.1 Å². The fraction of sp³-hybridized carbons (Fsp3) is 0.533. The van der Waals surface area contributed by atoms with Gasteiger partial charge in [0.05, 0.1) is 4.92 Å². The summed E-state index contributed by atoms with van der Waals surface area (Å²) in [5.41, 5.74) is 0.911. The summed E-state index contributed by atoms with van der Waals surface area (Å²) >= 11 is 0. The lowest BCUT2D eigenvalue weighted by Gasteiger charge is -2.28. The van der Waals surface area contributed by atoms with Crippen molar-refractivity contribution in [2.24, 2.45) is 11.8 Å². The molecule has 0 N–H and O–H groups in total. The van der Waals surface area contributed by atoms with Crippen LogP contribution in [0.25, 0.3) is 0 Å². The van der Waals surface area contributed by atoms with Gasteiger partial charge in [-0.25, -0.2) is 0 Å². The van der Waals surface area contributed by atoms with Gasteiger partial charge in [0, 0.05) is 24.7 Å². The normalized spacial score (nSPS) is 10.9. The molecule has 0 aromatic heterocycles. The minimum atomic E-state index is -0.421. The summed E-state index contributed by atoms with van der Waals surface area (Å²) in [7, 11) is 0. The maximum absolute atomic E-state index is 11.2. The standard InChI is InChI=1S/C15H22N2O3/c1-11(2)8-16(9-12(3)4)14-6-5-13(10-18)7-15(14)17(19)20/h5-7,10-12H,8-9H2,1-4H3. The van der Waals surface area contributed by atoms with Crippen molar-refractivity contribution < 1.29 is 9.72 Å². The molecule has 0 unspecified atom stereocenters. The Bertz CT molecular complexity index is 474. The summed E-state index contributed by atoms with van der Waals surface area (Å²) in [6.07, 6.45) is 0.631. The number of carbonyl (C=O) groups excluding carboxylic acids is 1. The molecule has 1 rings (SSSR count). The number of nitrogens with zero attached hydrogens (tertiary/aromatic N) is 2. The summed E-state index contributed by atoms with van der Waals surface area (Å²) in [5, 5.41) is 11.2. The van der Waals surface area contributed by atoms with Gasteiger partial charge in [-0.05, 0) is 24.0 Å². The zero-order chi connectivity index (χ0) is 15.3. The number of nitro groups is 1. The molecule has 0 aliphatic carbocycles. The Labute approximate surface area is 119 Å². The van der Waals surface area contributed by atoms with Gasteiger partial charge >= 0.3 is 0 Å². The second-order valence-corrected chi connectivity index (χ2v) is 5.82. The predicted molar refractivity (Wildman–Crippen MR) is 80.4 cm³/mol. The van der Waals surface area contributed by atoms with Gasteiger partial charge in [0.25, 0.3) is 5.69 Å². The summed E-state index contributed by atoms with van der Waals surface area (Å²) < 4.78 is 0. The monoisotopic (exact) mass is 278 g/mol. The van der Waals surface area contributed by atoms with Crippen LogP contribution >= 0.6 is 0 Å².